The Kier molecular flexibility index (Phi) is 4.09. The molecule has 15 heavy (non-hydrogen) atoms. The summed E-state index contributed by atoms with van der Waals surface area (Å²) in [7, 11) is 1.62. The van der Waals surface area contributed by atoms with Crippen molar-refractivity contribution in [2.45, 2.75) is 13.8 Å². The summed E-state index contributed by atoms with van der Waals surface area (Å²) in [5.74, 6) is 0.841. The molecule has 0 atom stereocenters. The molecule has 0 aliphatic carbocycles. The molecule has 3 heteroatoms. The molecule has 0 radical (unpaired) electrons. The molecule has 0 unspecified atom stereocenters. The van der Waals surface area contributed by atoms with Crippen LogP contribution in [0.1, 0.15) is 19.4 Å². The number of ketones is 1. The number of hydrogen-bond donors (Lipinski definition) is 0. The molecule has 1 rings (SSSR count). The van der Waals surface area contributed by atoms with Gasteiger partial charge in [-0.05, 0) is 59.1 Å². The van der Waals surface area contributed by atoms with Gasteiger partial charge in [0, 0.05) is 0 Å². The highest BCUT2D eigenvalue weighted by Crippen LogP contribution is 2.28. The zero-order chi connectivity index (χ0) is 11.4. The molecule has 0 heterocycles. The second kappa shape index (κ2) is 5.12. The van der Waals surface area contributed by atoms with Crippen LogP contribution < -0.4 is 4.74 Å². The minimum Gasteiger partial charge on any atom is -0.496 e. The topological polar surface area (TPSA) is 26.3 Å². The Balaban J connectivity index is 3.07. The van der Waals surface area contributed by atoms with E-state index in [1.165, 1.54) is 0 Å². The third kappa shape index (κ3) is 3.20. The summed E-state index contributed by atoms with van der Waals surface area (Å²) in [6.45, 7) is 3.46. The van der Waals surface area contributed by atoms with Crippen LogP contribution in [0, 0.1) is 0 Å². The predicted octanol–water partition coefficient (Wildman–Crippen LogP) is 3.45. The van der Waals surface area contributed by atoms with Crippen LogP contribution in [0.3, 0.4) is 0 Å². The van der Waals surface area contributed by atoms with Crippen molar-refractivity contribution in [2.24, 2.45) is 0 Å². The minimum absolute atomic E-state index is 0.0550. The second-order valence-electron chi connectivity index (χ2n) is 3.29. The van der Waals surface area contributed by atoms with E-state index in [1.807, 2.05) is 25.1 Å². The molecule has 0 saturated carbocycles. The largest absolute Gasteiger partial charge is 0.496 e. The zero-order valence-corrected chi connectivity index (χ0v) is 10.6. The molecule has 0 aliphatic rings. The van der Waals surface area contributed by atoms with E-state index in [0.717, 1.165) is 21.4 Å². The summed E-state index contributed by atoms with van der Waals surface area (Å²) < 4.78 is 6.02. The fourth-order valence-corrected chi connectivity index (χ4v) is 1.84. The molecule has 0 fully saturated rings. The molecule has 0 N–H and O–H groups in total. The summed E-state index contributed by atoms with van der Waals surface area (Å²) in [4.78, 5) is 10.9. The second-order valence-corrected chi connectivity index (χ2v) is 4.14. The molecule has 0 aliphatic heterocycles. The molecule has 80 valence electrons. The van der Waals surface area contributed by atoms with Gasteiger partial charge in [0.15, 0.2) is 5.78 Å². The zero-order valence-electron chi connectivity index (χ0n) is 9.00. The van der Waals surface area contributed by atoms with Gasteiger partial charge in [0.05, 0.1) is 11.6 Å². The standard InChI is InChI=1S/C12H13BrO2/c1-8(6-9(2)14)10-4-5-12(15-3)11(13)7-10/h4-7H,1-3H3/b8-6+. The SMILES string of the molecule is COc1ccc(/C(C)=C/C(C)=O)cc1Br. The van der Waals surface area contributed by atoms with Gasteiger partial charge in [-0.3, -0.25) is 4.79 Å². The van der Waals surface area contributed by atoms with Crippen LogP contribution in [-0.2, 0) is 4.79 Å². The Morgan fingerprint density at radius 1 is 1.40 bits per heavy atom. The molecule has 1 aromatic carbocycles. The summed E-state index contributed by atoms with van der Waals surface area (Å²) >= 11 is 3.40. The average Bonchev–Trinajstić information content (AvgIpc) is 2.16. The molecular weight excluding hydrogens is 256 g/mol. The van der Waals surface area contributed by atoms with Crippen molar-refractivity contribution >= 4 is 27.3 Å². The van der Waals surface area contributed by atoms with Crippen LogP contribution in [0.5, 0.6) is 5.75 Å². The van der Waals surface area contributed by atoms with E-state index in [-0.39, 0.29) is 5.78 Å². The smallest absolute Gasteiger partial charge is 0.152 e. The number of halogens is 1. The lowest BCUT2D eigenvalue weighted by atomic mass is 10.1. The number of allylic oxidation sites excluding steroid dienone is 2. The fourth-order valence-electron chi connectivity index (χ4n) is 1.30. The van der Waals surface area contributed by atoms with Crippen molar-refractivity contribution in [2.75, 3.05) is 7.11 Å². The van der Waals surface area contributed by atoms with E-state index >= 15 is 0 Å². The van der Waals surface area contributed by atoms with E-state index in [1.54, 1.807) is 20.1 Å². The molecule has 2 nitrogen and oxygen atoms in total. The molecular formula is C12H13BrO2. The number of hydrogen-bond acceptors (Lipinski definition) is 2. The van der Waals surface area contributed by atoms with Crippen molar-refractivity contribution < 1.29 is 9.53 Å². The van der Waals surface area contributed by atoms with Crippen LogP contribution in [-0.4, -0.2) is 12.9 Å². The molecule has 0 aromatic heterocycles. The fraction of sp³-hybridized carbons (Fsp3) is 0.250. The maximum Gasteiger partial charge on any atom is 0.152 e. The number of rotatable bonds is 3. The Labute approximate surface area is 98.1 Å². The number of carbonyl (C=O) groups excluding carboxylic acids is 1. The van der Waals surface area contributed by atoms with Crippen molar-refractivity contribution in [1.29, 1.82) is 0 Å². The van der Waals surface area contributed by atoms with Crippen LogP contribution in [0.25, 0.3) is 5.57 Å². The van der Waals surface area contributed by atoms with Gasteiger partial charge in [0.25, 0.3) is 0 Å². The Morgan fingerprint density at radius 3 is 2.53 bits per heavy atom. The van der Waals surface area contributed by atoms with Crippen LogP contribution in [0.2, 0.25) is 0 Å². The van der Waals surface area contributed by atoms with Gasteiger partial charge in [0.1, 0.15) is 5.75 Å². The quantitative estimate of drug-likeness (QED) is 0.785. The van der Waals surface area contributed by atoms with Crippen molar-refractivity contribution in [3.63, 3.8) is 0 Å². The normalized spacial score (nSPS) is 11.3. The van der Waals surface area contributed by atoms with Crippen molar-refractivity contribution in [3.05, 3.63) is 34.3 Å². The number of benzene rings is 1. The summed E-state index contributed by atoms with van der Waals surface area (Å²) in [5.41, 5.74) is 1.96. The Morgan fingerprint density at radius 2 is 2.07 bits per heavy atom. The van der Waals surface area contributed by atoms with Crippen LogP contribution in [0.4, 0.5) is 0 Å². The lowest BCUT2D eigenvalue weighted by Gasteiger charge is -2.06. The highest BCUT2D eigenvalue weighted by atomic mass is 79.9. The maximum absolute atomic E-state index is 10.9. The molecule has 0 spiro atoms. The lowest BCUT2D eigenvalue weighted by Crippen LogP contribution is -1.89. The van der Waals surface area contributed by atoms with E-state index in [0.29, 0.717) is 0 Å². The monoisotopic (exact) mass is 268 g/mol. The van der Waals surface area contributed by atoms with E-state index in [4.69, 9.17) is 4.74 Å². The first-order valence-corrected chi connectivity index (χ1v) is 5.36. The van der Waals surface area contributed by atoms with Gasteiger partial charge in [-0.25, -0.2) is 0 Å². The molecule has 0 saturated heterocycles. The van der Waals surface area contributed by atoms with Gasteiger partial charge < -0.3 is 4.74 Å². The van der Waals surface area contributed by atoms with Gasteiger partial charge in [-0.2, -0.15) is 0 Å². The van der Waals surface area contributed by atoms with Gasteiger partial charge in [-0.1, -0.05) is 6.07 Å². The van der Waals surface area contributed by atoms with Crippen molar-refractivity contribution in [3.8, 4) is 5.75 Å². The van der Waals surface area contributed by atoms with Crippen LogP contribution >= 0.6 is 15.9 Å². The summed E-state index contributed by atoms with van der Waals surface area (Å²) in [5, 5.41) is 0. The van der Waals surface area contributed by atoms with Crippen LogP contribution in [0.15, 0.2) is 28.7 Å². The molecule has 1 aromatic rings. The first-order valence-electron chi connectivity index (χ1n) is 4.57. The van der Waals surface area contributed by atoms with E-state index in [2.05, 4.69) is 15.9 Å². The number of ether oxygens (including phenoxy) is 1. The number of carbonyl (C=O) groups is 1. The first-order chi connectivity index (χ1) is 7.04. The van der Waals surface area contributed by atoms with Gasteiger partial charge >= 0.3 is 0 Å². The first kappa shape index (κ1) is 12.0. The summed E-state index contributed by atoms with van der Waals surface area (Å²) in [6, 6.07) is 5.74. The molecule has 0 bridgehead atoms. The number of methoxy groups -OCH3 is 1. The Hall–Kier alpha value is -1.09. The highest BCUT2D eigenvalue weighted by Gasteiger charge is 2.03. The Bertz CT molecular complexity index is 408. The van der Waals surface area contributed by atoms with Crippen molar-refractivity contribution in [1.82, 2.24) is 0 Å². The van der Waals surface area contributed by atoms with Gasteiger partial charge in [-0.15, -0.1) is 0 Å². The molecule has 0 amide bonds. The average molecular weight is 269 g/mol. The van der Waals surface area contributed by atoms with E-state index < -0.39 is 0 Å². The third-order valence-electron chi connectivity index (χ3n) is 2.03. The lowest BCUT2D eigenvalue weighted by molar-refractivity contribution is -0.112. The van der Waals surface area contributed by atoms with Gasteiger partial charge in [0.2, 0.25) is 0 Å². The summed E-state index contributed by atoms with van der Waals surface area (Å²) in [6.07, 6.45) is 1.62. The highest BCUT2D eigenvalue weighted by molar-refractivity contribution is 9.10. The third-order valence-corrected chi connectivity index (χ3v) is 2.65. The minimum atomic E-state index is 0.0550. The maximum atomic E-state index is 10.9. The van der Waals surface area contributed by atoms with E-state index in [9.17, 15) is 4.79 Å². The predicted molar refractivity (Wildman–Crippen MR) is 65.0 cm³/mol.